The van der Waals surface area contributed by atoms with E-state index in [9.17, 15) is 9.59 Å². The highest BCUT2D eigenvalue weighted by Crippen LogP contribution is 2.41. The number of carbonyl (C=O) groups excluding carboxylic acids is 2. The van der Waals surface area contributed by atoms with Crippen molar-refractivity contribution < 1.29 is 23.8 Å². The molecule has 0 unspecified atom stereocenters. The minimum atomic E-state index is -0.949. The number of hydrogen-bond acceptors (Lipinski definition) is 6. The molecule has 0 aliphatic heterocycles. The Morgan fingerprint density at radius 1 is 0.973 bits per heavy atom. The fraction of sp³-hybridized carbons (Fsp3) is 0.214. The number of methoxy groups -OCH3 is 3. The highest BCUT2D eigenvalue weighted by atomic mass is 35.5. The summed E-state index contributed by atoms with van der Waals surface area (Å²) >= 11 is 12.3. The van der Waals surface area contributed by atoms with Crippen LogP contribution in [-0.2, 0) is 16.0 Å². The Hall–Kier alpha value is -3.68. The van der Waals surface area contributed by atoms with E-state index in [0.717, 1.165) is 22.4 Å². The predicted octanol–water partition coefficient (Wildman–Crippen LogP) is 5.79. The van der Waals surface area contributed by atoms with Gasteiger partial charge in [-0.1, -0.05) is 59.6 Å². The van der Waals surface area contributed by atoms with Crippen LogP contribution in [0.5, 0.6) is 11.5 Å². The summed E-state index contributed by atoms with van der Waals surface area (Å²) in [6.07, 6.45) is 1.96. The minimum Gasteiger partial charge on any atom is -0.496 e. The molecule has 3 rings (SSSR count). The normalized spacial score (nSPS) is 11.3. The number of halogens is 2. The Kier molecular flexibility index (Phi) is 9.83. The summed E-state index contributed by atoms with van der Waals surface area (Å²) in [4.78, 5) is 25.3. The Morgan fingerprint density at radius 2 is 1.57 bits per heavy atom. The molecule has 37 heavy (non-hydrogen) atoms. The van der Waals surface area contributed by atoms with Gasteiger partial charge in [0.15, 0.2) is 0 Å². The molecule has 0 aliphatic carbocycles. The monoisotopic (exact) mass is 542 g/mol. The first-order valence-electron chi connectivity index (χ1n) is 11.4. The highest BCUT2D eigenvalue weighted by Gasteiger charge is 2.25. The summed E-state index contributed by atoms with van der Waals surface area (Å²) in [5.74, 6) is 0.110. The zero-order valence-corrected chi connectivity index (χ0v) is 22.3. The number of hydrogen-bond donors (Lipinski definition) is 2. The zero-order chi connectivity index (χ0) is 26.9. The van der Waals surface area contributed by atoms with Crippen LogP contribution in [-0.4, -0.2) is 45.8 Å². The third-order valence-corrected chi connectivity index (χ3v) is 6.25. The van der Waals surface area contributed by atoms with E-state index < -0.39 is 17.9 Å². The van der Waals surface area contributed by atoms with Crippen molar-refractivity contribution in [3.05, 3.63) is 88.4 Å². The average molecular weight is 543 g/mol. The first-order valence-corrected chi connectivity index (χ1v) is 12.1. The summed E-state index contributed by atoms with van der Waals surface area (Å²) in [5, 5.41) is 6.29. The van der Waals surface area contributed by atoms with Gasteiger partial charge < -0.3 is 24.8 Å². The van der Waals surface area contributed by atoms with Gasteiger partial charge in [0.1, 0.15) is 17.5 Å². The van der Waals surface area contributed by atoms with Gasteiger partial charge in [0.05, 0.1) is 42.5 Å². The van der Waals surface area contributed by atoms with Crippen LogP contribution in [0, 0.1) is 0 Å². The number of esters is 1. The molecule has 3 aromatic rings. The smallest absolute Gasteiger partial charge is 0.328 e. The Balaban J connectivity index is 1.86. The molecule has 0 fully saturated rings. The quantitative estimate of drug-likeness (QED) is 0.235. The summed E-state index contributed by atoms with van der Waals surface area (Å²) < 4.78 is 16.2. The number of rotatable bonds is 11. The van der Waals surface area contributed by atoms with Crippen LogP contribution in [0.25, 0.3) is 11.1 Å². The van der Waals surface area contributed by atoms with Crippen LogP contribution in [0.15, 0.2) is 67.3 Å². The number of ether oxygens (including phenoxy) is 3. The molecule has 0 bridgehead atoms. The lowest BCUT2D eigenvalue weighted by Crippen LogP contribution is -2.43. The maximum atomic E-state index is 12.9. The van der Waals surface area contributed by atoms with E-state index in [1.165, 1.54) is 7.11 Å². The SMILES string of the molecule is C=CCNc1cc(OC)c(-c2ccc(C[C@H](NC(=O)c3c(Cl)cccc3Cl)C(=O)OC)cc2)c(OC)c1. The van der Waals surface area contributed by atoms with E-state index in [1.807, 2.05) is 36.4 Å². The van der Waals surface area contributed by atoms with E-state index in [-0.39, 0.29) is 22.0 Å². The predicted molar refractivity (Wildman–Crippen MR) is 147 cm³/mol. The van der Waals surface area contributed by atoms with Crippen molar-refractivity contribution in [2.24, 2.45) is 0 Å². The number of benzene rings is 3. The summed E-state index contributed by atoms with van der Waals surface area (Å²) in [7, 11) is 4.46. The maximum absolute atomic E-state index is 12.9. The molecule has 7 nitrogen and oxygen atoms in total. The van der Waals surface area contributed by atoms with Crippen molar-refractivity contribution in [1.82, 2.24) is 5.32 Å². The van der Waals surface area contributed by atoms with Crippen LogP contribution in [0.3, 0.4) is 0 Å². The van der Waals surface area contributed by atoms with Crippen LogP contribution < -0.4 is 20.1 Å². The van der Waals surface area contributed by atoms with E-state index in [1.54, 1.807) is 38.5 Å². The highest BCUT2D eigenvalue weighted by molar-refractivity contribution is 6.39. The second kappa shape index (κ2) is 13.0. The second-order valence-corrected chi connectivity index (χ2v) is 8.79. The fourth-order valence-electron chi connectivity index (χ4n) is 3.81. The summed E-state index contributed by atoms with van der Waals surface area (Å²) in [5.41, 5.74) is 3.37. The second-order valence-electron chi connectivity index (χ2n) is 7.97. The topological polar surface area (TPSA) is 85.9 Å². The van der Waals surface area contributed by atoms with Gasteiger partial charge in [-0.3, -0.25) is 4.79 Å². The van der Waals surface area contributed by atoms with Gasteiger partial charge in [0.25, 0.3) is 5.91 Å². The largest absolute Gasteiger partial charge is 0.496 e. The van der Waals surface area contributed by atoms with E-state index in [4.69, 9.17) is 37.4 Å². The van der Waals surface area contributed by atoms with Crippen LogP contribution >= 0.6 is 23.2 Å². The van der Waals surface area contributed by atoms with Crippen LogP contribution in [0.4, 0.5) is 5.69 Å². The maximum Gasteiger partial charge on any atom is 0.328 e. The lowest BCUT2D eigenvalue weighted by Gasteiger charge is -2.19. The number of amides is 1. The lowest BCUT2D eigenvalue weighted by molar-refractivity contribution is -0.142. The van der Waals surface area contributed by atoms with Gasteiger partial charge in [0.2, 0.25) is 0 Å². The van der Waals surface area contributed by atoms with Crippen molar-refractivity contribution in [3.8, 4) is 22.6 Å². The van der Waals surface area contributed by atoms with Gasteiger partial charge >= 0.3 is 5.97 Å². The van der Waals surface area contributed by atoms with Crippen LogP contribution in [0.2, 0.25) is 10.0 Å². The molecule has 0 saturated carbocycles. The first-order chi connectivity index (χ1) is 17.8. The Labute approximate surface area is 226 Å². The third-order valence-electron chi connectivity index (χ3n) is 5.62. The Bertz CT molecular complexity index is 1230. The average Bonchev–Trinajstić information content (AvgIpc) is 2.90. The molecule has 1 amide bonds. The molecular weight excluding hydrogens is 515 g/mol. The van der Waals surface area contributed by atoms with E-state index in [0.29, 0.717) is 18.0 Å². The molecule has 2 N–H and O–H groups in total. The Morgan fingerprint density at radius 3 is 2.08 bits per heavy atom. The van der Waals surface area contributed by atoms with Gasteiger partial charge in [0, 0.05) is 30.8 Å². The molecule has 0 saturated heterocycles. The summed E-state index contributed by atoms with van der Waals surface area (Å²) in [6.45, 7) is 4.32. The first kappa shape index (κ1) is 27.9. The number of nitrogens with one attached hydrogen (secondary N) is 2. The van der Waals surface area contributed by atoms with E-state index in [2.05, 4.69) is 17.2 Å². The number of carbonyl (C=O) groups is 2. The van der Waals surface area contributed by atoms with Crippen molar-refractivity contribution in [2.75, 3.05) is 33.2 Å². The van der Waals surface area contributed by atoms with E-state index >= 15 is 0 Å². The fourth-order valence-corrected chi connectivity index (χ4v) is 4.38. The van der Waals surface area contributed by atoms with Gasteiger partial charge in [-0.05, 0) is 23.3 Å². The van der Waals surface area contributed by atoms with Crippen molar-refractivity contribution in [3.63, 3.8) is 0 Å². The summed E-state index contributed by atoms with van der Waals surface area (Å²) in [6, 6.07) is 15.1. The molecule has 0 heterocycles. The van der Waals surface area contributed by atoms with Gasteiger partial charge in [-0.15, -0.1) is 6.58 Å². The number of anilines is 1. The molecular formula is C28H28Cl2N2O5. The zero-order valence-electron chi connectivity index (χ0n) is 20.8. The molecule has 0 spiro atoms. The molecule has 3 aromatic carbocycles. The van der Waals surface area contributed by atoms with Crippen molar-refractivity contribution in [1.29, 1.82) is 0 Å². The standard InChI is InChI=1S/C28H28Cl2N2O5/c1-5-13-31-19-15-23(35-2)25(24(16-19)36-3)18-11-9-17(10-12-18)14-22(28(34)37-4)32-27(33)26-20(29)7-6-8-21(26)30/h5-12,15-16,22,31H,1,13-14H2,2-4H3,(H,32,33)/t22-/m0/s1. The van der Waals surface area contributed by atoms with Gasteiger partial charge in [-0.25, -0.2) is 4.79 Å². The molecule has 9 heteroatoms. The van der Waals surface area contributed by atoms with Crippen molar-refractivity contribution >= 4 is 40.8 Å². The van der Waals surface area contributed by atoms with Crippen molar-refractivity contribution in [2.45, 2.75) is 12.5 Å². The van der Waals surface area contributed by atoms with Crippen LogP contribution in [0.1, 0.15) is 15.9 Å². The molecule has 0 aliphatic rings. The molecule has 194 valence electrons. The molecule has 0 radical (unpaired) electrons. The minimum absolute atomic E-state index is 0.0975. The molecule has 1 atom stereocenters. The van der Waals surface area contributed by atoms with Gasteiger partial charge in [-0.2, -0.15) is 0 Å². The third kappa shape index (κ3) is 6.76. The molecule has 0 aromatic heterocycles. The lowest BCUT2D eigenvalue weighted by atomic mass is 9.98.